The molecule has 21 heavy (non-hydrogen) atoms. The molecule has 0 amide bonds. The molecule has 1 fully saturated rings. The first-order valence-electron chi connectivity index (χ1n) is 7.34. The van der Waals surface area contributed by atoms with E-state index in [0.717, 1.165) is 32.1 Å². The Labute approximate surface area is 123 Å². The van der Waals surface area contributed by atoms with E-state index in [-0.39, 0.29) is 12.0 Å². The summed E-state index contributed by atoms with van der Waals surface area (Å²) in [5.41, 5.74) is 0. The largest absolute Gasteiger partial charge is 0.374 e. The number of ether oxygens (including phenoxy) is 1. The maximum Gasteiger partial charge on any atom is 0.229 e. The van der Waals surface area contributed by atoms with Crippen LogP contribution in [0.2, 0.25) is 0 Å². The summed E-state index contributed by atoms with van der Waals surface area (Å²) >= 11 is 0. The molecule has 1 aliphatic rings. The van der Waals surface area contributed by atoms with Gasteiger partial charge in [0.25, 0.3) is 0 Å². The predicted molar refractivity (Wildman–Crippen MR) is 75.6 cm³/mol. The van der Waals surface area contributed by atoms with Crippen LogP contribution in [0.4, 0.5) is 0 Å². The standard InChI is InChI=1S/C14H21N5O2/c1-11(2)14-16-13(17-21-14)10-18-6-7-20-12(8-18)9-19-5-3-4-15-19/h3-5,11-12H,6-10H2,1-2H3/t12-/m1/s1. The molecule has 7 nitrogen and oxygen atoms in total. The molecule has 114 valence electrons. The zero-order valence-corrected chi connectivity index (χ0v) is 12.5. The molecule has 0 spiro atoms. The molecular formula is C14H21N5O2. The monoisotopic (exact) mass is 291 g/mol. The van der Waals surface area contributed by atoms with Crippen molar-refractivity contribution in [3.05, 3.63) is 30.2 Å². The highest BCUT2D eigenvalue weighted by atomic mass is 16.5. The first-order valence-corrected chi connectivity index (χ1v) is 7.34. The van der Waals surface area contributed by atoms with Gasteiger partial charge in [0.1, 0.15) is 0 Å². The van der Waals surface area contributed by atoms with Crippen molar-refractivity contribution in [1.29, 1.82) is 0 Å². The lowest BCUT2D eigenvalue weighted by Crippen LogP contribution is -2.43. The SMILES string of the molecule is CC(C)c1nc(CN2CCO[C@@H](Cn3cccn3)C2)no1. The highest BCUT2D eigenvalue weighted by Gasteiger charge is 2.22. The normalized spacial score (nSPS) is 20.2. The Balaban J connectivity index is 1.55. The van der Waals surface area contributed by atoms with Crippen molar-refractivity contribution in [2.75, 3.05) is 19.7 Å². The number of hydrogen-bond acceptors (Lipinski definition) is 6. The molecule has 0 unspecified atom stereocenters. The van der Waals surface area contributed by atoms with Crippen LogP contribution >= 0.6 is 0 Å². The van der Waals surface area contributed by atoms with Gasteiger partial charge in [-0.25, -0.2) is 0 Å². The number of aromatic nitrogens is 4. The molecule has 0 bridgehead atoms. The van der Waals surface area contributed by atoms with Gasteiger partial charge in [0.05, 0.1) is 25.8 Å². The van der Waals surface area contributed by atoms with E-state index in [2.05, 4.69) is 20.1 Å². The van der Waals surface area contributed by atoms with Gasteiger partial charge >= 0.3 is 0 Å². The lowest BCUT2D eigenvalue weighted by Gasteiger charge is -2.31. The molecule has 0 radical (unpaired) electrons. The Morgan fingerprint density at radius 2 is 2.33 bits per heavy atom. The van der Waals surface area contributed by atoms with Gasteiger partial charge in [-0.3, -0.25) is 9.58 Å². The number of rotatable bonds is 5. The first kappa shape index (κ1) is 14.2. The zero-order chi connectivity index (χ0) is 14.7. The number of morpholine rings is 1. The first-order chi connectivity index (χ1) is 10.2. The maximum absolute atomic E-state index is 5.80. The summed E-state index contributed by atoms with van der Waals surface area (Å²) in [6.45, 7) is 8.04. The van der Waals surface area contributed by atoms with Gasteiger partial charge in [0.2, 0.25) is 5.89 Å². The molecule has 3 heterocycles. The molecule has 1 saturated heterocycles. The average molecular weight is 291 g/mol. The fraction of sp³-hybridized carbons (Fsp3) is 0.643. The van der Waals surface area contributed by atoms with Crippen LogP contribution in [-0.2, 0) is 17.8 Å². The van der Waals surface area contributed by atoms with Crippen molar-refractivity contribution in [2.24, 2.45) is 0 Å². The summed E-state index contributed by atoms with van der Waals surface area (Å²) < 4.78 is 12.9. The maximum atomic E-state index is 5.80. The highest BCUT2D eigenvalue weighted by molar-refractivity contribution is 4.91. The average Bonchev–Trinajstić information content (AvgIpc) is 3.11. The Hall–Kier alpha value is -1.73. The second-order valence-corrected chi connectivity index (χ2v) is 5.66. The smallest absolute Gasteiger partial charge is 0.229 e. The third-order valence-electron chi connectivity index (χ3n) is 3.52. The highest BCUT2D eigenvalue weighted by Crippen LogP contribution is 2.14. The lowest BCUT2D eigenvalue weighted by atomic mass is 10.2. The molecule has 0 N–H and O–H groups in total. The van der Waals surface area contributed by atoms with Crippen LogP contribution in [-0.4, -0.2) is 50.6 Å². The predicted octanol–water partition coefficient (Wildman–Crippen LogP) is 1.29. The van der Waals surface area contributed by atoms with Crippen molar-refractivity contribution in [3.63, 3.8) is 0 Å². The molecule has 2 aromatic rings. The second kappa shape index (κ2) is 6.36. The molecule has 2 aromatic heterocycles. The lowest BCUT2D eigenvalue weighted by molar-refractivity contribution is -0.0410. The van der Waals surface area contributed by atoms with Gasteiger partial charge in [-0.2, -0.15) is 10.1 Å². The molecule has 7 heteroatoms. The molecule has 1 atom stereocenters. The van der Waals surface area contributed by atoms with Crippen LogP contribution < -0.4 is 0 Å². The minimum atomic E-state index is 0.148. The van der Waals surface area contributed by atoms with Gasteiger partial charge in [-0.15, -0.1) is 0 Å². The summed E-state index contributed by atoms with van der Waals surface area (Å²) in [6, 6.07) is 1.92. The van der Waals surface area contributed by atoms with Gasteiger partial charge < -0.3 is 9.26 Å². The van der Waals surface area contributed by atoms with Crippen LogP contribution in [0.3, 0.4) is 0 Å². The molecule has 1 aliphatic heterocycles. The van der Waals surface area contributed by atoms with Gasteiger partial charge in [0.15, 0.2) is 5.82 Å². The Bertz CT molecular complexity index is 551. The van der Waals surface area contributed by atoms with Gasteiger partial charge in [-0.05, 0) is 6.07 Å². The Morgan fingerprint density at radius 3 is 3.05 bits per heavy atom. The molecule has 0 saturated carbocycles. The summed E-state index contributed by atoms with van der Waals surface area (Å²) in [5.74, 6) is 1.72. The van der Waals surface area contributed by atoms with Crippen molar-refractivity contribution in [3.8, 4) is 0 Å². The molecular weight excluding hydrogens is 270 g/mol. The van der Waals surface area contributed by atoms with E-state index in [1.54, 1.807) is 6.20 Å². The third kappa shape index (κ3) is 3.68. The van der Waals surface area contributed by atoms with Gasteiger partial charge in [-0.1, -0.05) is 19.0 Å². The fourth-order valence-electron chi connectivity index (χ4n) is 2.42. The molecule has 0 aromatic carbocycles. The van der Waals surface area contributed by atoms with Crippen molar-refractivity contribution in [1.82, 2.24) is 24.8 Å². The third-order valence-corrected chi connectivity index (χ3v) is 3.52. The van der Waals surface area contributed by atoms with E-state index >= 15 is 0 Å². The topological polar surface area (TPSA) is 69.2 Å². The Kier molecular flexibility index (Phi) is 4.31. The van der Waals surface area contributed by atoms with Gasteiger partial charge in [0, 0.05) is 31.4 Å². The van der Waals surface area contributed by atoms with Crippen LogP contribution in [0.5, 0.6) is 0 Å². The molecule has 0 aliphatic carbocycles. The summed E-state index contributed by atoms with van der Waals surface area (Å²) in [6.07, 6.45) is 3.89. The quantitative estimate of drug-likeness (QED) is 0.827. The fourth-order valence-corrected chi connectivity index (χ4v) is 2.42. The summed E-state index contributed by atoms with van der Waals surface area (Å²) in [4.78, 5) is 6.73. The number of nitrogens with zero attached hydrogens (tertiary/aromatic N) is 5. The minimum Gasteiger partial charge on any atom is -0.374 e. The van der Waals surface area contributed by atoms with Crippen LogP contribution in [0.25, 0.3) is 0 Å². The van der Waals surface area contributed by atoms with Crippen LogP contribution in [0.15, 0.2) is 23.0 Å². The van der Waals surface area contributed by atoms with Crippen molar-refractivity contribution in [2.45, 2.75) is 39.0 Å². The zero-order valence-electron chi connectivity index (χ0n) is 12.5. The number of hydrogen-bond donors (Lipinski definition) is 0. The summed E-state index contributed by atoms with van der Waals surface area (Å²) in [5, 5.41) is 8.27. The molecule has 3 rings (SSSR count). The van der Waals surface area contributed by atoms with E-state index in [9.17, 15) is 0 Å². The van der Waals surface area contributed by atoms with Crippen LogP contribution in [0.1, 0.15) is 31.5 Å². The minimum absolute atomic E-state index is 0.148. The Morgan fingerprint density at radius 1 is 1.43 bits per heavy atom. The second-order valence-electron chi connectivity index (χ2n) is 5.66. The van der Waals surface area contributed by atoms with E-state index in [1.807, 2.05) is 30.8 Å². The van der Waals surface area contributed by atoms with Crippen molar-refractivity contribution < 1.29 is 9.26 Å². The van der Waals surface area contributed by atoms with E-state index < -0.39 is 0 Å². The van der Waals surface area contributed by atoms with Crippen molar-refractivity contribution >= 4 is 0 Å². The van der Waals surface area contributed by atoms with E-state index in [1.165, 1.54) is 0 Å². The van der Waals surface area contributed by atoms with E-state index in [4.69, 9.17) is 9.26 Å². The van der Waals surface area contributed by atoms with E-state index in [0.29, 0.717) is 12.4 Å². The summed E-state index contributed by atoms with van der Waals surface area (Å²) in [7, 11) is 0. The van der Waals surface area contributed by atoms with Crippen LogP contribution in [0, 0.1) is 0 Å².